The molecule has 2 N–H and O–H groups in total. The number of fused-ring (bicyclic) bond motifs is 1. The molecule has 0 saturated heterocycles. The van der Waals surface area contributed by atoms with E-state index in [1.165, 1.54) is 5.56 Å². The number of anilines is 2. The van der Waals surface area contributed by atoms with Gasteiger partial charge in [0.25, 0.3) is 0 Å². The Morgan fingerprint density at radius 3 is 2.72 bits per heavy atom. The monoisotopic (exact) mass is 394 g/mol. The standard InChI is InChI=1S/C19H15BrN4O/c1-12-3-6-14(7-4-12)22-18-17(15-11-13(20)5-8-16(15)25)23-19-21-9-2-10-24(18)19/h2-11,22,25H,1H3. The maximum Gasteiger partial charge on any atom is 0.235 e. The molecule has 0 radical (unpaired) electrons. The summed E-state index contributed by atoms with van der Waals surface area (Å²) in [6, 6.07) is 15.2. The van der Waals surface area contributed by atoms with Crippen molar-refractivity contribution in [2.75, 3.05) is 5.32 Å². The van der Waals surface area contributed by atoms with E-state index in [0.29, 0.717) is 17.0 Å². The van der Waals surface area contributed by atoms with Gasteiger partial charge in [-0.3, -0.25) is 4.40 Å². The van der Waals surface area contributed by atoms with Crippen molar-refractivity contribution in [3.05, 3.63) is 71.0 Å². The van der Waals surface area contributed by atoms with Crippen LogP contribution in [0.4, 0.5) is 11.5 Å². The Balaban J connectivity index is 1.92. The molecule has 0 bridgehead atoms. The molecule has 25 heavy (non-hydrogen) atoms. The second kappa shape index (κ2) is 6.22. The van der Waals surface area contributed by atoms with Crippen molar-refractivity contribution in [2.45, 2.75) is 6.92 Å². The first-order chi connectivity index (χ1) is 12.1. The lowest BCUT2D eigenvalue weighted by molar-refractivity contribution is 0.477. The van der Waals surface area contributed by atoms with E-state index in [0.717, 1.165) is 16.0 Å². The number of aryl methyl sites for hydroxylation is 1. The minimum absolute atomic E-state index is 0.165. The largest absolute Gasteiger partial charge is 0.507 e. The summed E-state index contributed by atoms with van der Waals surface area (Å²) in [4.78, 5) is 8.92. The molecular formula is C19H15BrN4O. The fraction of sp³-hybridized carbons (Fsp3) is 0.0526. The number of hydrogen-bond acceptors (Lipinski definition) is 4. The molecule has 0 aliphatic carbocycles. The highest BCUT2D eigenvalue weighted by Crippen LogP contribution is 2.37. The quantitative estimate of drug-likeness (QED) is 0.517. The van der Waals surface area contributed by atoms with E-state index in [4.69, 9.17) is 0 Å². The van der Waals surface area contributed by atoms with E-state index < -0.39 is 0 Å². The summed E-state index contributed by atoms with van der Waals surface area (Å²) in [5, 5.41) is 13.7. The number of aromatic nitrogens is 3. The molecule has 0 aliphatic heterocycles. The average Bonchev–Trinajstić information content (AvgIpc) is 2.97. The van der Waals surface area contributed by atoms with E-state index in [2.05, 4.69) is 31.2 Å². The molecular weight excluding hydrogens is 380 g/mol. The maximum atomic E-state index is 10.3. The van der Waals surface area contributed by atoms with Crippen LogP contribution in [0.5, 0.6) is 5.75 Å². The zero-order chi connectivity index (χ0) is 17.4. The van der Waals surface area contributed by atoms with Gasteiger partial charge in [-0.2, -0.15) is 0 Å². The first kappa shape index (κ1) is 15.7. The summed E-state index contributed by atoms with van der Waals surface area (Å²) in [5.74, 6) is 1.48. The molecule has 5 nitrogen and oxygen atoms in total. The third-order valence-corrected chi connectivity index (χ3v) is 4.42. The Morgan fingerprint density at radius 2 is 1.92 bits per heavy atom. The lowest BCUT2D eigenvalue weighted by Crippen LogP contribution is -1.97. The summed E-state index contributed by atoms with van der Waals surface area (Å²) >= 11 is 3.46. The van der Waals surface area contributed by atoms with Gasteiger partial charge in [-0.05, 0) is 43.3 Å². The van der Waals surface area contributed by atoms with Crippen molar-refractivity contribution in [3.63, 3.8) is 0 Å². The third kappa shape index (κ3) is 2.96. The number of hydrogen-bond donors (Lipinski definition) is 2. The van der Waals surface area contributed by atoms with E-state index in [-0.39, 0.29) is 5.75 Å². The van der Waals surface area contributed by atoms with Gasteiger partial charge >= 0.3 is 0 Å². The Bertz CT molecular complexity index is 1060. The minimum atomic E-state index is 0.165. The van der Waals surface area contributed by atoms with E-state index in [9.17, 15) is 5.11 Å². The van der Waals surface area contributed by atoms with Crippen LogP contribution < -0.4 is 5.32 Å². The predicted molar refractivity (Wildman–Crippen MR) is 102 cm³/mol. The number of nitrogens with one attached hydrogen (secondary N) is 1. The Morgan fingerprint density at radius 1 is 1.12 bits per heavy atom. The van der Waals surface area contributed by atoms with Gasteiger partial charge in [-0.15, -0.1) is 0 Å². The predicted octanol–water partition coefficient (Wildman–Crippen LogP) is 4.92. The molecule has 0 spiro atoms. The Hall–Kier alpha value is -2.86. The molecule has 2 aromatic heterocycles. The molecule has 0 saturated carbocycles. The molecule has 4 aromatic rings. The molecule has 124 valence electrons. The molecule has 2 aromatic carbocycles. The summed E-state index contributed by atoms with van der Waals surface area (Å²) in [6.07, 6.45) is 3.59. The topological polar surface area (TPSA) is 62.5 Å². The van der Waals surface area contributed by atoms with Gasteiger partial charge in [-0.25, -0.2) is 9.97 Å². The van der Waals surface area contributed by atoms with Gasteiger partial charge in [-0.1, -0.05) is 33.6 Å². The number of phenols is 1. The zero-order valence-electron chi connectivity index (χ0n) is 13.4. The summed E-state index contributed by atoms with van der Waals surface area (Å²) < 4.78 is 2.74. The van der Waals surface area contributed by atoms with Gasteiger partial charge in [0.05, 0.1) is 0 Å². The van der Waals surface area contributed by atoms with Gasteiger partial charge in [0, 0.05) is 28.1 Å². The van der Waals surface area contributed by atoms with Crippen molar-refractivity contribution >= 4 is 33.2 Å². The number of imidazole rings is 1. The summed E-state index contributed by atoms with van der Waals surface area (Å²) in [7, 11) is 0. The van der Waals surface area contributed by atoms with Gasteiger partial charge < -0.3 is 10.4 Å². The minimum Gasteiger partial charge on any atom is -0.507 e. The van der Waals surface area contributed by atoms with Crippen LogP contribution in [0.1, 0.15) is 5.56 Å². The molecule has 0 aliphatic rings. The number of halogens is 1. The highest BCUT2D eigenvalue weighted by molar-refractivity contribution is 9.10. The van der Waals surface area contributed by atoms with E-state index in [1.807, 2.05) is 53.9 Å². The van der Waals surface area contributed by atoms with Crippen LogP contribution in [0.2, 0.25) is 0 Å². The van der Waals surface area contributed by atoms with Crippen molar-refractivity contribution < 1.29 is 5.11 Å². The summed E-state index contributed by atoms with van der Waals surface area (Å²) in [5.41, 5.74) is 3.40. The lowest BCUT2D eigenvalue weighted by atomic mass is 10.1. The van der Waals surface area contributed by atoms with Gasteiger partial charge in [0.2, 0.25) is 5.78 Å². The van der Waals surface area contributed by atoms with Crippen LogP contribution in [0.15, 0.2) is 65.4 Å². The van der Waals surface area contributed by atoms with Gasteiger partial charge in [0.1, 0.15) is 17.3 Å². The first-order valence-corrected chi connectivity index (χ1v) is 8.57. The first-order valence-electron chi connectivity index (χ1n) is 7.77. The van der Waals surface area contributed by atoms with Crippen LogP contribution in [0, 0.1) is 6.92 Å². The van der Waals surface area contributed by atoms with Crippen molar-refractivity contribution in [1.29, 1.82) is 0 Å². The van der Waals surface area contributed by atoms with Crippen molar-refractivity contribution in [1.82, 2.24) is 14.4 Å². The SMILES string of the molecule is Cc1ccc(Nc2c(-c3cc(Br)ccc3O)nc3ncccn23)cc1. The zero-order valence-corrected chi connectivity index (χ0v) is 15.0. The maximum absolute atomic E-state index is 10.3. The Labute approximate surface area is 153 Å². The number of phenolic OH excluding ortho intramolecular Hbond substituents is 1. The van der Waals surface area contributed by atoms with Crippen molar-refractivity contribution in [3.8, 4) is 17.0 Å². The fourth-order valence-electron chi connectivity index (χ4n) is 2.67. The number of aromatic hydroxyl groups is 1. The van der Waals surface area contributed by atoms with Crippen LogP contribution >= 0.6 is 15.9 Å². The second-order valence-corrected chi connectivity index (χ2v) is 6.67. The van der Waals surface area contributed by atoms with Crippen molar-refractivity contribution in [2.24, 2.45) is 0 Å². The number of nitrogens with zero attached hydrogens (tertiary/aromatic N) is 3. The highest BCUT2D eigenvalue weighted by atomic mass is 79.9. The van der Waals surface area contributed by atoms with E-state index in [1.54, 1.807) is 18.3 Å². The third-order valence-electron chi connectivity index (χ3n) is 3.93. The smallest absolute Gasteiger partial charge is 0.235 e. The molecule has 0 fully saturated rings. The average molecular weight is 395 g/mol. The molecule has 6 heteroatoms. The number of rotatable bonds is 3. The second-order valence-electron chi connectivity index (χ2n) is 5.75. The molecule has 0 atom stereocenters. The highest BCUT2D eigenvalue weighted by Gasteiger charge is 2.18. The normalized spacial score (nSPS) is 11.0. The van der Waals surface area contributed by atoms with Gasteiger partial charge in [0.15, 0.2) is 0 Å². The molecule has 0 unspecified atom stereocenters. The van der Waals surface area contributed by atoms with Crippen LogP contribution in [0.3, 0.4) is 0 Å². The van der Waals surface area contributed by atoms with E-state index >= 15 is 0 Å². The van der Waals surface area contributed by atoms with Crippen LogP contribution in [0.25, 0.3) is 17.0 Å². The number of benzene rings is 2. The Kier molecular flexibility index (Phi) is 3.89. The van der Waals surface area contributed by atoms with Crippen LogP contribution in [-0.4, -0.2) is 19.5 Å². The summed E-state index contributed by atoms with van der Waals surface area (Å²) in [6.45, 7) is 2.05. The fourth-order valence-corrected chi connectivity index (χ4v) is 3.03. The molecule has 2 heterocycles. The lowest BCUT2D eigenvalue weighted by Gasteiger charge is -2.10. The molecule has 0 amide bonds. The molecule has 4 rings (SSSR count). The van der Waals surface area contributed by atoms with Crippen LogP contribution in [-0.2, 0) is 0 Å².